The number of carbonyl (C=O) groups excluding carboxylic acids is 2. The normalized spacial score (nSPS) is 20.4. The third-order valence-electron chi connectivity index (χ3n) is 6.38. The van der Waals surface area contributed by atoms with E-state index in [0.29, 0.717) is 43.2 Å². The Hall–Kier alpha value is 1.24. The zero-order valence-corrected chi connectivity index (χ0v) is 37.6. The number of alkyl halides is 6. The van der Waals surface area contributed by atoms with Gasteiger partial charge in [0.2, 0.25) is 0 Å². The third kappa shape index (κ3) is 25.8. The standard InChI is InChI=1S/C13H22F2N2O2.C8H14INO2.C5H9F2N.C2H5I.C2H4I.ClH.V/c1-12(2,3)19-11(18)17-8-10(9-17)16-6-4-13(14,15)5-7-16;1-8(2,3)12-7(11)10-4-6(9)5-10;6-5(7)1-3-8-4-2-5;2*1-2-3;;/h10H,4-9H2,1-3H3;6H,4-5H2,1-3H3;8H,1-4H2;2H2,1H3;2H,1H3;1H;/q;;;;-1;;. The fourth-order valence-electron chi connectivity index (χ4n) is 4.07. The minimum Gasteiger partial charge on any atom is -0.444 e. The van der Waals surface area contributed by atoms with Crippen LogP contribution in [0.1, 0.15) is 81.1 Å². The first-order chi connectivity index (χ1) is 20.6. The fraction of sp³-hybridized carbons (Fsp3) is 0.900. The number of ether oxygens (including phenoxy) is 2. The average Bonchev–Trinajstić information content (AvgIpc) is 2.82. The van der Waals surface area contributed by atoms with Gasteiger partial charge in [-0.1, -0.05) is 52.1 Å². The molecule has 0 aromatic carbocycles. The molecule has 0 spiro atoms. The van der Waals surface area contributed by atoms with Crippen LogP contribution in [0.25, 0.3) is 0 Å². The molecule has 281 valence electrons. The molecule has 4 aliphatic heterocycles. The zero-order valence-electron chi connectivity index (χ0n) is 28.9. The molecule has 0 aromatic heterocycles. The summed E-state index contributed by atoms with van der Waals surface area (Å²) in [5.74, 6) is -4.89. The predicted molar refractivity (Wildman–Crippen MR) is 206 cm³/mol. The van der Waals surface area contributed by atoms with E-state index in [4.69, 9.17) is 9.47 Å². The second kappa shape index (κ2) is 25.3. The Kier molecular flexibility index (Phi) is 28.3. The minimum absolute atomic E-state index is 0. The van der Waals surface area contributed by atoms with E-state index in [0.717, 1.165) is 13.1 Å². The molecular weight excluding hydrogens is 1020 g/mol. The SMILES string of the molecule is CC(C)(C)OC(=O)N1CC(I)C1.CC(C)(C)OC(=O)N1CC(N2CCC(F)(F)CC2)C1.CCI.C[CH-]I.Cl.FC1(F)CCNCC1.[V]. The summed E-state index contributed by atoms with van der Waals surface area (Å²) >= 11 is 6.78. The quantitative estimate of drug-likeness (QED) is 0.123. The maximum Gasteiger partial charge on any atom is 0.410 e. The van der Waals surface area contributed by atoms with Crippen LogP contribution in [0.5, 0.6) is 0 Å². The van der Waals surface area contributed by atoms with E-state index in [-0.39, 0.29) is 80.5 Å². The van der Waals surface area contributed by atoms with Crippen LogP contribution < -0.4 is 5.32 Å². The second-order valence-corrected chi connectivity index (χ2v) is 17.5. The third-order valence-corrected chi connectivity index (χ3v) is 7.17. The number of hydrogen-bond donors (Lipinski definition) is 1. The van der Waals surface area contributed by atoms with Crippen molar-refractivity contribution in [3.63, 3.8) is 0 Å². The summed E-state index contributed by atoms with van der Waals surface area (Å²) < 4.78 is 64.6. The Balaban J connectivity index is -0.000000595. The van der Waals surface area contributed by atoms with E-state index in [2.05, 4.69) is 84.9 Å². The molecule has 4 fully saturated rings. The molecular formula is C30H55ClF4I3N4O4V-. The van der Waals surface area contributed by atoms with E-state index < -0.39 is 17.4 Å². The summed E-state index contributed by atoms with van der Waals surface area (Å²) in [7, 11) is 0. The molecule has 4 saturated heterocycles. The Morgan fingerprint density at radius 2 is 1.15 bits per heavy atom. The van der Waals surface area contributed by atoms with Crippen LogP contribution in [-0.2, 0) is 28.0 Å². The van der Waals surface area contributed by atoms with Crippen LogP contribution in [0.15, 0.2) is 0 Å². The van der Waals surface area contributed by atoms with Crippen molar-refractivity contribution in [3.8, 4) is 0 Å². The maximum atomic E-state index is 13.0. The molecule has 4 aliphatic rings. The van der Waals surface area contributed by atoms with Gasteiger partial charge in [0.25, 0.3) is 11.8 Å². The molecule has 1 radical (unpaired) electrons. The van der Waals surface area contributed by atoms with E-state index in [1.165, 1.54) is 4.43 Å². The number of likely N-dealkylation sites (tertiary alicyclic amines) is 3. The number of halogens is 8. The topological polar surface area (TPSA) is 74.3 Å². The Morgan fingerprint density at radius 3 is 1.43 bits per heavy atom. The van der Waals surface area contributed by atoms with Crippen molar-refractivity contribution in [2.75, 3.05) is 56.8 Å². The largest absolute Gasteiger partial charge is 0.444 e. The summed E-state index contributed by atoms with van der Waals surface area (Å²) in [5, 5.41) is 2.86. The number of nitrogens with one attached hydrogen (secondary N) is 1. The van der Waals surface area contributed by atoms with Gasteiger partial charge in [-0.15, -0.1) is 12.4 Å². The van der Waals surface area contributed by atoms with Gasteiger partial charge in [0.05, 0.1) is 0 Å². The smallest absolute Gasteiger partial charge is 0.410 e. The van der Waals surface area contributed by atoms with Crippen molar-refractivity contribution in [3.05, 3.63) is 4.43 Å². The Labute approximate surface area is 339 Å². The van der Waals surface area contributed by atoms with E-state index in [9.17, 15) is 27.2 Å². The van der Waals surface area contributed by atoms with Crippen molar-refractivity contribution >= 4 is 92.4 Å². The number of nitrogens with zero attached hydrogens (tertiary/aromatic N) is 3. The van der Waals surface area contributed by atoms with Crippen molar-refractivity contribution in [2.24, 2.45) is 0 Å². The second-order valence-electron chi connectivity index (χ2n) is 13.0. The number of rotatable bonds is 1. The summed E-state index contributed by atoms with van der Waals surface area (Å²) in [5.41, 5.74) is -0.858. The first-order valence-electron chi connectivity index (χ1n) is 15.3. The summed E-state index contributed by atoms with van der Waals surface area (Å²) in [6, 6.07) is 0.212. The van der Waals surface area contributed by atoms with Crippen molar-refractivity contribution < 1.29 is 55.2 Å². The van der Waals surface area contributed by atoms with Crippen LogP contribution in [0, 0.1) is 4.43 Å². The molecule has 47 heavy (non-hydrogen) atoms. The zero-order chi connectivity index (χ0) is 35.1. The maximum absolute atomic E-state index is 13.0. The van der Waals surface area contributed by atoms with Gasteiger partial charge < -0.3 is 47.2 Å². The molecule has 0 unspecified atom stereocenters. The van der Waals surface area contributed by atoms with Gasteiger partial charge in [0, 0.05) is 107 Å². The number of carbonyl (C=O) groups is 2. The molecule has 17 heteroatoms. The van der Waals surface area contributed by atoms with Gasteiger partial charge in [-0.05, 0) is 46.0 Å². The Bertz CT molecular complexity index is 846. The molecule has 0 bridgehead atoms. The van der Waals surface area contributed by atoms with Crippen molar-refractivity contribution in [1.29, 1.82) is 0 Å². The first kappa shape index (κ1) is 52.6. The number of hydrogen-bond acceptors (Lipinski definition) is 6. The van der Waals surface area contributed by atoms with Crippen molar-refractivity contribution in [2.45, 2.75) is 114 Å². The molecule has 0 aliphatic carbocycles. The monoisotopic (exact) mass is 1080 g/mol. The minimum atomic E-state index is -2.51. The number of amides is 2. The first-order valence-corrected chi connectivity index (χ1v) is 19.3. The molecule has 1 N–H and O–H groups in total. The van der Waals surface area contributed by atoms with E-state index >= 15 is 0 Å². The van der Waals surface area contributed by atoms with E-state index in [1.54, 1.807) is 9.80 Å². The van der Waals surface area contributed by atoms with Gasteiger partial charge in [-0.3, -0.25) is 9.33 Å². The van der Waals surface area contributed by atoms with Gasteiger partial charge in [-0.25, -0.2) is 27.2 Å². The summed E-state index contributed by atoms with van der Waals surface area (Å²) in [6.45, 7) is 19.8. The molecule has 0 atom stereocenters. The molecule has 4 rings (SSSR count). The van der Waals surface area contributed by atoms with Crippen LogP contribution in [0.2, 0.25) is 0 Å². The summed E-state index contributed by atoms with van der Waals surface area (Å²) in [4.78, 5) is 28.4. The average molecular weight is 1080 g/mol. The van der Waals surface area contributed by atoms with Gasteiger partial charge >= 0.3 is 12.2 Å². The molecule has 4 heterocycles. The van der Waals surface area contributed by atoms with Gasteiger partial charge in [0.1, 0.15) is 11.2 Å². The van der Waals surface area contributed by atoms with Crippen LogP contribution in [-0.4, -0.2) is 117 Å². The molecule has 0 aromatic rings. The Morgan fingerprint density at radius 1 is 0.830 bits per heavy atom. The molecule has 0 saturated carbocycles. The van der Waals surface area contributed by atoms with Crippen molar-refractivity contribution in [1.82, 2.24) is 20.0 Å². The summed E-state index contributed by atoms with van der Waals surface area (Å²) in [6.07, 6.45) is -0.632. The van der Waals surface area contributed by atoms with Crippen LogP contribution in [0.4, 0.5) is 27.2 Å². The van der Waals surface area contributed by atoms with Crippen LogP contribution in [0.3, 0.4) is 0 Å². The van der Waals surface area contributed by atoms with Crippen LogP contribution >= 0.6 is 80.2 Å². The van der Waals surface area contributed by atoms with Gasteiger partial charge in [-0.2, -0.15) is 6.92 Å². The molecule has 8 nitrogen and oxygen atoms in total. The van der Waals surface area contributed by atoms with Gasteiger partial charge in [0.15, 0.2) is 0 Å². The number of piperidine rings is 2. The fourth-order valence-corrected chi connectivity index (χ4v) is 5.02. The van der Waals surface area contributed by atoms with E-state index in [1.807, 2.05) is 52.9 Å². The molecule has 2 amide bonds. The predicted octanol–water partition coefficient (Wildman–Crippen LogP) is 8.85.